The molecule has 0 bridgehead atoms. The van der Waals surface area contributed by atoms with Crippen molar-refractivity contribution in [1.82, 2.24) is 0 Å². The molecule has 2 atom stereocenters. The number of aliphatic hydroxyl groups is 3. The fourth-order valence-corrected chi connectivity index (χ4v) is 0.574. The van der Waals surface area contributed by atoms with E-state index >= 15 is 0 Å². The van der Waals surface area contributed by atoms with Gasteiger partial charge in [0.15, 0.2) is 6.10 Å². The molecule has 2 unspecified atom stereocenters. The maximum Gasteiger partial charge on any atom is 0.371 e. The van der Waals surface area contributed by atoms with Crippen LogP contribution in [0, 0.1) is 0 Å². The molecule has 17 nitrogen and oxygen atoms in total. The molecule has 0 rings (SSSR count). The number of carbonyl (C=O) groups is 7. The van der Waals surface area contributed by atoms with Crippen LogP contribution in [0.2, 0.25) is 0 Å². The number of aliphatic carboxylic acids is 7. The van der Waals surface area contributed by atoms with E-state index in [1.165, 1.54) is 6.92 Å². The van der Waals surface area contributed by atoms with Gasteiger partial charge in [0.25, 0.3) is 0 Å². The van der Waals surface area contributed by atoms with E-state index in [-0.39, 0.29) is 6.08 Å². The molecule has 0 saturated heterocycles. The van der Waals surface area contributed by atoms with Crippen LogP contribution >= 0.6 is 0 Å². The highest BCUT2D eigenvalue weighted by atomic mass is 16.4. The first-order valence-corrected chi connectivity index (χ1v) is 7.39. The lowest BCUT2D eigenvalue weighted by atomic mass is 10.3. The molecule has 0 aliphatic heterocycles. The SMILES string of the molecule is CC(O)C(=O)O.O=C(O)/C=C(/O)C(=O)O.O=C(O)/C=C\C(=O)O.O=C(O)CC(O)C(=O)O. The Labute approximate surface area is 177 Å². The van der Waals surface area contributed by atoms with Crippen LogP contribution in [0.5, 0.6) is 0 Å². The topological polar surface area (TPSA) is 322 Å². The molecule has 17 heteroatoms. The molecule has 0 aromatic rings. The quantitative estimate of drug-likeness (QED) is 0.131. The Morgan fingerprint density at radius 2 is 1.00 bits per heavy atom. The molecule has 0 aliphatic rings. The van der Waals surface area contributed by atoms with Crippen molar-refractivity contribution >= 4 is 41.8 Å². The number of carboxylic acids is 7. The van der Waals surface area contributed by atoms with Gasteiger partial charge in [-0.3, -0.25) is 4.79 Å². The largest absolute Gasteiger partial charge is 0.502 e. The van der Waals surface area contributed by atoms with E-state index in [1.54, 1.807) is 0 Å². The fourth-order valence-electron chi connectivity index (χ4n) is 0.574. The van der Waals surface area contributed by atoms with Gasteiger partial charge in [0.2, 0.25) is 5.76 Å². The Morgan fingerprint density at radius 3 is 1.09 bits per heavy atom. The second kappa shape index (κ2) is 19.8. The molecule has 0 spiro atoms. The molecule has 32 heavy (non-hydrogen) atoms. The van der Waals surface area contributed by atoms with Gasteiger partial charge in [0, 0.05) is 12.2 Å². The number of hydrogen-bond donors (Lipinski definition) is 10. The Kier molecular flexibility index (Phi) is 21.6. The van der Waals surface area contributed by atoms with Gasteiger partial charge in [-0.1, -0.05) is 0 Å². The van der Waals surface area contributed by atoms with E-state index in [1.807, 2.05) is 0 Å². The molecule has 0 heterocycles. The Hall–Kier alpha value is -4.51. The summed E-state index contributed by atoms with van der Waals surface area (Å²) >= 11 is 0. The maximum absolute atomic E-state index is 9.72. The average Bonchev–Trinajstić information content (AvgIpc) is 2.60. The van der Waals surface area contributed by atoms with Crippen molar-refractivity contribution in [3.05, 3.63) is 24.0 Å². The molecular weight excluding hydrogens is 452 g/mol. The van der Waals surface area contributed by atoms with Gasteiger partial charge in [0.1, 0.15) is 6.10 Å². The second-order valence-electron chi connectivity index (χ2n) is 4.65. The van der Waals surface area contributed by atoms with E-state index in [0.717, 1.165) is 0 Å². The summed E-state index contributed by atoms with van der Waals surface area (Å²) in [6.45, 7) is 1.20. The molecule has 0 amide bonds. The lowest BCUT2D eigenvalue weighted by Gasteiger charge is -1.97. The van der Waals surface area contributed by atoms with Gasteiger partial charge in [-0.15, -0.1) is 0 Å². The first-order chi connectivity index (χ1) is 14.3. The number of rotatable bonds is 8. The van der Waals surface area contributed by atoms with Crippen LogP contribution in [0.15, 0.2) is 24.0 Å². The molecule has 0 aromatic carbocycles. The van der Waals surface area contributed by atoms with Gasteiger partial charge in [0.05, 0.1) is 12.5 Å². The van der Waals surface area contributed by atoms with Gasteiger partial charge in [-0.05, 0) is 6.92 Å². The standard InChI is InChI=1S/C4H6O5.C4H4O5.C4H4O4.C3H6O3/c2*5-2(4(8)9)1-3(6)7;5-3(6)1-2-4(7)8;1-2(4)3(5)6/h2,5H,1H2,(H,6,7)(H,8,9);1,5H,(H,6,7)(H,8,9);1-2H,(H,5,6)(H,7,8);2,4H,1H3,(H,5,6)/b;2-1+;2-1-;. The lowest BCUT2D eigenvalue weighted by Crippen LogP contribution is -2.22. The highest BCUT2D eigenvalue weighted by molar-refractivity contribution is 5.92. The number of hydrogen-bond acceptors (Lipinski definition) is 10. The lowest BCUT2D eigenvalue weighted by molar-refractivity contribution is -0.152. The smallest absolute Gasteiger partial charge is 0.371 e. The monoisotopic (exact) mass is 472 g/mol. The maximum atomic E-state index is 9.72. The average molecular weight is 472 g/mol. The molecule has 0 aliphatic carbocycles. The molecule has 182 valence electrons. The summed E-state index contributed by atoms with van der Waals surface area (Å²) in [5.74, 6) is -10.9. The van der Waals surface area contributed by atoms with Crippen LogP contribution < -0.4 is 0 Å². The Balaban J connectivity index is -0.000000165. The zero-order valence-corrected chi connectivity index (χ0v) is 15.9. The van der Waals surface area contributed by atoms with Crippen molar-refractivity contribution < 1.29 is 84.6 Å². The minimum absolute atomic E-state index is 0.197. The predicted molar refractivity (Wildman–Crippen MR) is 95.6 cm³/mol. The van der Waals surface area contributed by atoms with Crippen LogP contribution in [0.4, 0.5) is 0 Å². The fraction of sp³-hybridized carbons (Fsp3) is 0.267. The number of aliphatic hydroxyl groups excluding tert-OH is 3. The van der Waals surface area contributed by atoms with Gasteiger partial charge in [-0.25, -0.2) is 28.8 Å². The van der Waals surface area contributed by atoms with Crippen molar-refractivity contribution in [2.75, 3.05) is 0 Å². The van der Waals surface area contributed by atoms with E-state index in [2.05, 4.69) is 0 Å². The molecule has 0 radical (unpaired) electrons. The van der Waals surface area contributed by atoms with Gasteiger partial charge in [-0.2, -0.15) is 0 Å². The van der Waals surface area contributed by atoms with Crippen LogP contribution in [0.1, 0.15) is 13.3 Å². The van der Waals surface area contributed by atoms with Crippen molar-refractivity contribution in [3.8, 4) is 0 Å². The summed E-state index contributed by atoms with van der Waals surface area (Å²) in [5, 5.41) is 79.4. The van der Waals surface area contributed by atoms with Crippen LogP contribution in [-0.4, -0.2) is 105 Å². The summed E-state index contributed by atoms with van der Waals surface area (Å²) < 4.78 is 0. The van der Waals surface area contributed by atoms with E-state index < -0.39 is 66.2 Å². The first-order valence-electron chi connectivity index (χ1n) is 7.39. The summed E-state index contributed by atoms with van der Waals surface area (Å²) in [5.41, 5.74) is 0. The first kappa shape index (κ1) is 35.0. The summed E-state index contributed by atoms with van der Waals surface area (Å²) in [6.07, 6.45) is -2.46. The third-order valence-electron chi connectivity index (χ3n) is 1.86. The zero-order valence-electron chi connectivity index (χ0n) is 15.9. The summed E-state index contributed by atoms with van der Waals surface area (Å²) in [6, 6.07) is 0. The second-order valence-corrected chi connectivity index (χ2v) is 4.65. The normalized spacial score (nSPS) is 11.5. The third kappa shape index (κ3) is 36.4. The van der Waals surface area contributed by atoms with Crippen molar-refractivity contribution in [2.45, 2.75) is 25.6 Å². The minimum atomic E-state index is -1.79. The van der Waals surface area contributed by atoms with Crippen molar-refractivity contribution in [2.24, 2.45) is 0 Å². The van der Waals surface area contributed by atoms with E-state index in [9.17, 15) is 33.6 Å². The molecule has 10 N–H and O–H groups in total. The van der Waals surface area contributed by atoms with Gasteiger partial charge >= 0.3 is 41.8 Å². The molecule has 0 aromatic heterocycles. The van der Waals surface area contributed by atoms with E-state index in [4.69, 9.17) is 51.1 Å². The molecule has 0 fully saturated rings. The highest BCUT2D eigenvalue weighted by Crippen LogP contribution is 1.89. The van der Waals surface area contributed by atoms with Crippen molar-refractivity contribution in [3.63, 3.8) is 0 Å². The molecule has 0 saturated carbocycles. The van der Waals surface area contributed by atoms with Crippen LogP contribution in [0.25, 0.3) is 0 Å². The molecular formula is C15H20O17. The Morgan fingerprint density at radius 1 is 0.656 bits per heavy atom. The highest BCUT2D eigenvalue weighted by Gasteiger charge is 2.16. The van der Waals surface area contributed by atoms with Crippen LogP contribution in [-0.2, 0) is 33.6 Å². The predicted octanol–water partition coefficient (Wildman–Crippen LogP) is -2.33. The van der Waals surface area contributed by atoms with Crippen molar-refractivity contribution in [1.29, 1.82) is 0 Å². The minimum Gasteiger partial charge on any atom is -0.502 e. The third-order valence-corrected chi connectivity index (χ3v) is 1.86. The van der Waals surface area contributed by atoms with Gasteiger partial charge < -0.3 is 51.1 Å². The summed E-state index contributed by atoms with van der Waals surface area (Å²) in [4.78, 5) is 67.2. The zero-order chi connectivity index (χ0) is 26.6. The Bertz CT molecular complexity index is 714. The summed E-state index contributed by atoms with van der Waals surface area (Å²) in [7, 11) is 0. The number of carboxylic acid groups (broad SMARTS) is 7. The van der Waals surface area contributed by atoms with E-state index in [0.29, 0.717) is 12.2 Å². The van der Waals surface area contributed by atoms with Crippen LogP contribution in [0.3, 0.4) is 0 Å².